The molecule has 1 saturated heterocycles. The van der Waals surface area contributed by atoms with Crippen molar-refractivity contribution in [2.45, 2.75) is 31.8 Å². The van der Waals surface area contributed by atoms with Gasteiger partial charge in [0.05, 0.1) is 18.7 Å². The molecule has 1 fully saturated rings. The molecule has 4 heteroatoms. The third-order valence-electron chi connectivity index (χ3n) is 3.80. The molecular formula is C16H18N2O2. The van der Waals surface area contributed by atoms with Gasteiger partial charge in [-0.2, -0.15) is 5.26 Å². The Morgan fingerprint density at radius 3 is 2.75 bits per heavy atom. The highest BCUT2D eigenvalue weighted by atomic mass is 16.3. The number of nitriles is 1. The highest BCUT2D eigenvalue weighted by Crippen LogP contribution is 2.41. The Morgan fingerprint density at radius 1 is 1.50 bits per heavy atom. The monoisotopic (exact) mass is 270 g/mol. The van der Waals surface area contributed by atoms with Crippen molar-refractivity contribution in [3.8, 4) is 6.07 Å². The second-order valence-electron chi connectivity index (χ2n) is 4.90. The van der Waals surface area contributed by atoms with E-state index in [9.17, 15) is 15.2 Å². The Hall–Kier alpha value is -2.12. The van der Waals surface area contributed by atoms with Crippen LogP contribution >= 0.6 is 0 Å². The van der Waals surface area contributed by atoms with Crippen molar-refractivity contribution < 1.29 is 9.90 Å². The molecule has 2 rings (SSSR count). The average molecular weight is 270 g/mol. The molecule has 0 saturated carbocycles. The van der Waals surface area contributed by atoms with Gasteiger partial charge in [-0.1, -0.05) is 36.4 Å². The Morgan fingerprint density at radius 2 is 2.20 bits per heavy atom. The Labute approximate surface area is 118 Å². The second kappa shape index (κ2) is 5.89. The van der Waals surface area contributed by atoms with E-state index in [4.69, 9.17) is 0 Å². The van der Waals surface area contributed by atoms with E-state index in [0.29, 0.717) is 0 Å². The van der Waals surface area contributed by atoms with E-state index in [1.54, 1.807) is 0 Å². The molecule has 0 radical (unpaired) electrons. The van der Waals surface area contributed by atoms with E-state index >= 15 is 0 Å². The lowest BCUT2D eigenvalue weighted by atomic mass is 9.74. The lowest BCUT2D eigenvalue weighted by Gasteiger charge is -2.51. The Kier molecular flexibility index (Phi) is 4.21. The van der Waals surface area contributed by atoms with E-state index in [-0.39, 0.29) is 24.5 Å². The molecule has 0 aliphatic carbocycles. The third-order valence-corrected chi connectivity index (χ3v) is 3.80. The predicted molar refractivity (Wildman–Crippen MR) is 76.7 cm³/mol. The van der Waals surface area contributed by atoms with E-state index in [0.717, 1.165) is 11.1 Å². The van der Waals surface area contributed by atoms with Crippen LogP contribution in [0, 0.1) is 11.3 Å². The van der Waals surface area contributed by atoms with Gasteiger partial charge in [0.1, 0.15) is 6.04 Å². The summed E-state index contributed by atoms with van der Waals surface area (Å²) in [5.41, 5.74) is 2.04. The van der Waals surface area contributed by atoms with Gasteiger partial charge in [-0.05, 0) is 18.1 Å². The maximum atomic E-state index is 11.6. The van der Waals surface area contributed by atoms with Crippen LogP contribution in [0.1, 0.15) is 30.9 Å². The first kappa shape index (κ1) is 14.3. The van der Waals surface area contributed by atoms with Gasteiger partial charge in [0.25, 0.3) is 0 Å². The number of aliphatic hydroxyl groups is 1. The number of aliphatic hydroxyl groups excluding tert-OH is 1. The summed E-state index contributed by atoms with van der Waals surface area (Å²) in [5.74, 6) is -0.309. The van der Waals surface area contributed by atoms with Crippen molar-refractivity contribution in [3.05, 3.63) is 41.5 Å². The Balaban J connectivity index is 2.42. The van der Waals surface area contributed by atoms with Crippen LogP contribution < -0.4 is 0 Å². The molecule has 20 heavy (non-hydrogen) atoms. The summed E-state index contributed by atoms with van der Waals surface area (Å²) in [5, 5.41) is 18.9. The van der Waals surface area contributed by atoms with Crippen LogP contribution in [0.2, 0.25) is 0 Å². The molecule has 0 bridgehead atoms. The zero-order valence-corrected chi connectivity index (χ0v) is 11.7. The maximum absolute atomic E-state index is 11.6. The lowest BCUT2D eigenvalue weighted by molar-refractivity contribution is -0.144. The van der Waals surface area contributed by atoms with Crippen molar-refractivity contribution in [1.29, 1.82) is 5.26 Å². The van der Waals surface area contributed by atoms with Gasteiger partial charge < -0.3 is 10.0 Å². The number of hydrogen-bond donors (Lipinski definition) is 1. The molecule has 0 spiro atoms. The minimum atomic E-state index is -0.504. The van der Waals surface area contributed by atoms with Crippen molar-refractivity contribution in [3.63, 3.8) is 0 Å². The number of carbonyl (C=O) groups is 1. The number of rotatable bonds is 3. The molecule has 1 amide bonds. The normalized spacial score (nSPS) is 25.3. The van der Waals surface area contributed by atoms with Crippen molar-refractivity contribution in [2.75, 3.05) is 6.61 Å². The fourth-order valence-electron chi connectivity index (χ4n) is 2.96. The van der Waals surface area contributed by atoms with Gasteiger partial charge in [0, 0.05) is 12.8 Å². The number of carbonyl (C=O) groups excluding carboxylic acids is 1. The van der Waals surface area contributed by atoms with Gasteiger partial charge in [-0.15, -0.1) is 0 Å². The maximum Gasteiger partial charge on any atom is 0.220 e. The smallest absolute Gasteiger partial charge is 0.220 e. The number of allylic oxidation sites excluding steroid dienone is 1. The summed E-state index contributed by atoms with van der Waals surface area (Å²) in [6.45, 7) is 3.23. The van der Waals surface area contributed by atoms with Crippen LogP contribution in [-0.4, -0.2) is 34.6 Å². The van der Waals surface area contributed by atoms with Crippen molar-refractivity contribution in [1.82, 2.24) is 4.90 Å². The summed E-state index contributed by atoms with van der Waals surface area (Å²) in [6.07, 6.45) is 3.92. The molecule has 3 atom stereocenters. The Bertz CT molecular complexity index is 574. The molecule has 1 aliphatic rings. The standard InChI is InChI=1S/C16H18N2O2/c1-3-6-12-7-4-5-8-13(12)16-14(9-17)18(11(2)20)15(16)10-19/h3-8,14-16,19H,10H2,1-2H3/b6-3+/t14-,15-,16+/m1/s1. The van der Waals surface area contributed by atoms with Crippen LogP contribution in [0.15, 0.2) is 30.3 Å². The molecule has 1 heterocycles. The van der Waals surface area contributed by atoms with Crippen LogP contribution in [-0.2, 0) is 4.79 Å². The highest BCUT2D eigenvalue weighted by molar-refractivity contribution is 5.77. The van der Waals surface area contributed by atoms with E-state index in [2.05, 4.69) is 6.07 Å². The average Bonchev–Trinajstić information content (AvgIpc) is 2.40. The van der Waals surface area contributed by atoms with Crippen LogP contribution in [0.25, 0.3) is 6.08 Å². The van der Waals surface area contributed by atoms with Gasteiger partial charge in [-0.25, -0.2) is 0 Å². The van der Waals surface area contributed by atoms with E-state index < -0.39 is 6.04 Å². The van der Waals surface area contributed by atoms with Gasteiger partial charge >= 0.3 is 0 Å². The molecule has 1 aliphatic heterocycles. The lowest BCUT2D eigenvalue weighted by Crippen LogP contribution is -2.64. The summed E-state index contributed by atoms with van der Waals surface area (Å²) >= 11 is 0. The molecule has 1 aromatic carbocycles. The van der Waals surface area contributed by atoms with E-state index in [1.165, 1.54) is 11.8 Å². The molecule has 4 nitrogen and oxygen atoms in total. The zero-order valence-electron chi connectivity index (χ0n) is 11.7. The molecule has 0 unspecified atom stereocenters. The van der Waals surface area contributed by atoms with Crippen LogP contribution in [0.3, 0.4) is 0 Å². The number of likely N-dealkylation sites (tertiary alicyclic amines) is 1. The molecule has 1 aromatic rings. The predicted octanol–water partition coefficient (Wildman–Crippen LogP) is 1.92. The fourth-order valence-corrected chi connectivity index (χ4v) is 2.96. The largest absolute Gasteiger partial charge is 0.394 e. The van der Waals surface area contributed by atoms with Gasteiger partial charge in [0.2, 0.25) is 5.91 Å². The topological polar surface area (TPSA) is 64.3 Å². The number of amides is 1. The summed E-state index contributed by atoms with van der Waals surface area (Å²) in [4.78, 5) is 13.1. The van der Waals surface area contributed by atoms with Gasteiger partial charge in [-0.3, -0.25) is 4.79 Å². The summed E-state index contributed by atoms with van der Waals surface area (Å²) in [6, 6.07) is 9.17. The molecule has 1 N–H and O–H groups in total. The van der Waals surface area contributed by atoms with Crippen molar-refractivity contribution >= 4 is 12.0 Å². The van der Waals surface area contributed by atoms with Crippen molar-refractivity contribution in [2.24, 2.45) is 0 Å². The summed E-state index contributed by atoms with van der Waals surface area (Å²) < 4.78 is 0. The number of benzene rings is 1. The van der Waals surface area contributed by atoms with Crippen LogP contribution in [0.4, 0.5) is 0 Å². The number of nitrogens with zero attached hydrogens (tertiary/aromatic N) is 2. The summed E-state index contributed by atoms with van der Waals surface area (Å²) in [7, 11) is 0. The quantitative estimate of drug-likeness (QED) is 0.912. The van der Waals surface area contributed by atoms with E-state index in [1.807, 2.05) is 43.3 Å². The molecule has 104 valence electrons. The minimum absolute atomic E-state index is 0.132. The molecular weight excluding hydrogens is 252 g/mol. The SMILES string of the molecule is C/C=C/c1ccccc1[C@H]1[C@@H](C#N)N(C(C)=O)[C@@H]1CO. The van der Waals surface area contributed by atoms with Crippen LogP contribution in [0.5, 0.6) is 0 Å². The minimum Gasteiger partial charge on any atom is -0.394 e. The first-order valence-corrected chi connectivity index (χ1v) is 6.66. The zero-order chi connectivity index (χ0) is 14.7. The first-order valence-electron chi connectivity index (χ1n) is 6.66. The number of hydrogen-bond acceptors (Lipinski definition) is 3. The van der Waals surface area contributed by atoms with Gasteiger partial charge in [0.15, 0.2) is 0 Å². The molecule has 0 aromatic heterocycles. The fraction of sp³-hybridized carbons (Fsp3) is 0.375. The highest BCUT2D eigenvalue weighted by Gasteiger charge is 2.50. The second-order valence-corrected chi connectivity index (χ2v) is 4.90. The third kappa shape index (κ3) is 2.21. The first-order chi connectivity index (χ1) is 9.65.